The Balaban J connectivity index is 2.01. The fourth-order valence-corrected chi connectivity index (χ4v) is 2.81. The number of ether oxygens (including phenoxy) is 3. The van der Waals surface area contributed by atoms with Crippen LogP contribution < -0.4 is 0 Å². The molecular weight excluding hydrogens is 274 g/mol. The van der Waals surface area contributed by atoms with Gasteiger partial charge in [0.25, 0.3) is 5.97 Å². The monoisotopic (exact) mass is 297 g/mol. The highest BCUT2D eigenvalue weighted by Crippen LogP contribution is 2.34. The summed E-state index contributed by atoms with van der Waals surface area (Å²) >= 11 is 0. The minimum Gasteiger partial charge on any atom is -0.328 e. The molecule has 0 aromatic heterocycles. The van der Waals surface area contributed by atoms with Crippen LogP contribution in [0.3, 0.4) is 0 Å². The van der Waals surface area contributed by atoms with E-state index in [9.17, 15) is 9.59 Å². The first-order chi connectivity index (χ1) is 10.0. The number of imide groups is 1. The molecule has 2 aliphatic rings. The standard InChI is InChI=1S/C15H23NO5/c1-4-19-15(3,20-5-2)21-10-16-13(17)11-8-6-7-9-12(11)14(16)18/h6,8,11-12H,4-5,7,9-10H2,1-3H3. The van der Waals surface area contributed by atoms with Gasteiger partial charge in [-0.3, -0.25) is 14.5 Å². The summed E-state index contributed by atoms with van der Waals surface area (Å²) in [6, 6.07) is 0. The third kappa shape index (κ3) is 3.33. The summed E-state index contributed by atoms with van der Waals surface area (Å²) < 4.78 is 16.4. The van der Waals surface area contributed by atoms with E-state index in [1.165, 1.54) is 4.90 Å². The third-order valence-corrected chi connectivity index (χ3v) is 3.82. The average Bonchev–Trinajstić information content (AvgIpc) is 2.70. The Bertz CT molecular complexity index is 428. The van der Waals surface area contributed by atoms with Crippen LogP contribution in [0, 0.1) is 11.8 Å². The summed E-state index contributed by atoms with van der Waals surface area (Å²) in [6.07, 6.45) is 5.35. The first-order valence-corrected chi connectivity index (χ1v) is 7.46. The highest BCUT2D eigenvalue weighted by molar-refractivity contribution is 6.06. The van der Waals surface area contributed by atoms with Crippen molar-refractivity contribution in [3.63, 3.8) is 0 Å². The molecule has 1 heterocycles. The van der Waals surface area contributed by atoms with Crippen molar-refractivity contribution in [3.05, 3.63) is 12.2 Å². The van der Waals surface area contributed by atoms with E-state index in [-0.39, 0.29) is 30.4 Å². The van der Waals surface area contributed by atoms with E-state index in [0.717, 1.165) is 12.8 Å². The molecule has 1 aliphatic carbocycles. The minimum atomic E-state index is -1.24. The van der Waals surface area contributed by atoms with Gasteiger partial charge in [0.1, 0.15) is 6.73 Å². The molecule has 0 aromatic rings. The van der Waals surface area contributed by atoms with Crippen LogP contribution in [0.4, 0.5) is 0 Å². The highest BCUT2D eigenvalue weighted by atomic mass is 16.9. The van der Waals surface area contributed by atoms with Crippen molar-refractivity contribution in [2.75, 3.05) is 19.9 Å². The summed E-state index contributed by atoms with van der Waals surface area (Å²) in [6.45, 7) is 5.96. The average molecular weight is 297 g/mol. The Morgan fingerprint density at radius 2 is 1.86 bits per heavy atom. The van der Waals surface area contributed by atoms with E-state index in [1.807, 2.05) is 26.0 Å². The topological polar surface area (TPSA) is 65.1 Å². The number of carbonyl (C=O) groups excluding carboxylic acids is 2. The first kappa shape index (κ1) is 16.1. The molecule has 1 fully saturated rings. The zero-order chi connectivity index (χ0) is 15.5. The van der Waals surface area contributed by atoms with Gasteiger partial charge < -0.3 is 14.2 Å². The summed E-state index contributed by atoms with van der Waals surface area (Å²) in [7, 11) is 0. The van der Waals surface area contributed by atoms with Crippen LogP contribution in [0.2, 0.25) is 0 Å². The summed E-state index contributed by atoms with van der Waals surface area (Å²) in [5.41, 5.74) is 0. The van der Waals surface area contributed by atoms with Crippen molar-refractivity contribution in [3.8, 4) is 0 Å². The van der Waals surface area contributed by atoms with Crippen LogP contribution in [0.15, 0.2) is 12.2 Å². The molecular formula is C15H23NO5. The molecule has 0 radical (unpaired) electrons. The van der Waals surface area contributed by atoms with Gasteiger partial charge in [-0.1, -0.05) is 12.2 Å². The maximum absolute atomic E-state index is 12.3. The van der Waals surface area contributed by atoms with Crippen molar-refractivity contribution in [2.45, 2.75) is 39.6 Å². The van der Waals surface area contributed by atoms with E-state index < -0.39 is 5.97 Å². The molecule has 2 unspecified atom stereocenters. The predicted octanol–water partition coefficient (Wildman–Crippen LogP) is 1.66. The number of amides is 2. The normalized spacial score (nSPS) is 25.6. The van der Waals surface area contributed by atoms with Gasteiger partial charge in [-0.05, 0) is 26.7 Å². The SMILES string of the molecule is CCOC(C)(OCC)OCN1C(=O)C2C=CCCC2C1=O. The molecule has 1 saturated heterocycles. The molecule has 2 amide bonds. The molecule has 0 N–H and O–H groups in total. The van der Waals surface area contributed by atoms with Gasteiger partial charge in [-0.15, -0.1) is 0 Å². The molecule has 21 heavy (non-hydrogen) atoms. The van der Waals surface area contributed by atoms with Gasteiger partial charge in [-0.25, -0.2) is 0 Å². The van der Waals surface area contributed by atoms with Crippen LogP contribution in [0.25, 0.3) is 0 Å². The van der Waals surface area contributed by atoms with Gasteiger partial charge in [0.2, 0.25) is 11.8 Å². The van der Waals surface area contributed by atoms with Crippen molar-refractivity contribution in [1.29, 1.82) is 0 Å². The van der Waals surface area contributed by atoms with E-state index in [2.05, 4.69) is 0 Å². The maximum Gasteiger partial charge on any atom is 0.281 e. The predicted molar refractivity (Wildman–Crippen MR) is 74.8 cm³/mol. The van der Waals surface area contributed by atoms with E-state index in [4.69, 9.17) is 14.2 Å². The number of carbonyl (C=O) groups is 2. The molecule has 0 aromatic carbocycles. The Morgan fingerprint density at radius 3 is 2.43 bits per heavy atom. The van der Waals surface area contributed by atoms with Crippen molar-refractivity contribution in [1.82, 2.24) is 4.90 Å². The van der Waals surface area contributed by atoms with Gasteiger partial charge in [0, 0.05) is 20.1 Å². The molecule has 0 saturated carbocycles. The molecule has 0 bridgehead atoms. The number of fused-ring (bicyclic) bond motifs is 1. The second-order valence-corrected chi connectivity index (χ2v) is 5.24. The number of rotatable bonds is 7. The maximum atomic E-state index is 12.3. The Labute approximate surface area is 125 Å². The van der Waals surface area contributed by atoms with Crippen LogP contribution in [-0.4, -0.2) is 42.6 Å². The van der Waals surface area contributed by atoms with Gasteiger partial charge >= 0.3 is 0 Å². The Kier molecular flexibility index (Phi) is 5.13. The lowest BCUT2D eigenvalue weighted by Crippen LogP contribution is -2.42. The lowest BCUT2D eigenvalue weighted by molar-refractivity contribution is -0.373. The minimum absolute atomic E-state index is 0.144. The number of nitrogens with zero attached hydrogens (tertiary/aromatic N) is 1. The van der Waals surface area contributed by atoms with Crippen molar-refractivity contribution >= 4 is 11.8 Å². The summed E-state index contributed by atoms with van der Waals surface area (Å²) in [5.74, 6) is -2.17. The zero-order valence-corrected chi connectivity index (χ0v) is 12.8. The smallest absolute Gasteiger partial charge is 0.281 e. The molecule has 6 heteroatoms. The van der Waals surface area contributed by atoms with Crippen molar-refractivity contribution < 1.29 is 23.8 Å². The lowest BCUT2D eigenvalue weighted by Gasteiger charge is -2.30. The molecule has 0 spiro atoms. The molecule has 2 atom stereocenters. The quantitative estimate of drug-likeness (QED) is 0.406. The van der Waals surface area contributed by atoms with Gasteiger partial charge in [0.15, 0.2) is 0 Å². The molecule has 6 nitrogen and oxygen atoms in total. The van der Waals surface area contributed by atoms with E-state index in [1.54, 1.807) is 6.92 Å². The van der Waals surface area contributed by atoms with Gasteiger partial charge in [-0.2, -0.15) is 0 Å². The summed E-state index contributed by atoms with van der Waals surface area (Å²) in [4.78, 5) is 25.7. The number of likely N-dealkylation sites (tertiary alicyclic amines) is 1. The lowest BCUT2D eigenvalue weighted by atomic mass is 9.86. The van der Waals surface area contributed by atoms with Crippen molar-refractivity contribution in [2.24, 2.45) is 11.8 Å². The molecule has 118 valence electrons. The largest absolute Gasteiger partial charge is 0.328 e. The summed E-state index contributed by atoms with van der Waals surface area (Å²) in [5, 5.41) is 0. The van der Waals surface area contributed by atoms with Crippen LogP contribution in [0.5, 0.6) is 0 Å². The first-order valence-electron chi connectivity index (χ1n) is 7.46. The van der Waals surface area contributed by atoms with E-state index >= 15 is 0 Å². The van der Waals surface area contributed by atoms with Gasteiger partial charge in [0.05, 0.1) is 11.8 Å². The Hall–Kier alpha value is -1.24. The van der Waals surface area contributed by atoms with Crippen LogP contribution in [-0.2, 0) is 23.8 Å². The fraction of sp³-hybridized carbons (Fsp3) is 0.733. The zero-order valence-electron chi connectivity index (χ0n) is 12.8. The highest BCUT2D eigenvalue weighted by Gasteiger charge is 2.47. The Morgan fingerprint density at radius 1 is 1.19 bits per heavy atom. The second-order valence-electron chi connectivity index (χ2n) is 5.24. The molecule has 2 rings (SSSR count). The molecule has 1 aliphatic heterocycles. The number of hydrogen-bond acceptors (Lipinski definition) is 5. The number of hydrogen-bond donors (Lipinski definition) is 0. The fourth-order valence-electron chi connectivity index (χ4n) is 2.81. The van der Waals surface area contributed by atoms with Crippen LogP contribution >= 0.6 is 0 Å². The van der Waals surface area contributed by atoms with E-state index in [0.29, 0.717) is 13.2 Å². The second kappa shape index (κ2) is 6.68. The third-order valence-electron chi connectivity index (χ3n) is 3.82. The van der Waals surface area contributed by atoms with Crippen LogP contribution in [0.1, 0.15) is 33.6 Å². The number of allylic oxidation sites excluding steroid dienone is 1.